The number of ketones is 1. The monoisotopic (exact) mass is 544 g/mol. The van der Waals surface area contributed by atoms with Crippen molar-refractivity contribution >= 4 is 5.78 Å². The Hall–Kier alpha value is -3.91. The third-order valence-corrected chi connectivity index (χ3v) is 7.53. The molecule has 40 heavy (non-hydrogen) atoms. The van der Waals surface area contributed by atoms with Gasteiger partial charge in [-0.2, -0.15) is 13.2 Å². The number of halogens is 3. The molecular weight excluding hydrogens is 513 g/mol. The fourth-order valence-electron chi connectivity index (χ4n) is 5.37. The molecule has 2 aromatic carbocycles. The van der Waals surface area contributed by atoms with E-state index in [0.717, 1.165) is 41.8 Å². The van der Waals surface area contributed by atoms with E-state index < -0.39 is 17.5 Å². The highest BCUT2D eigenvalue weighted by molar-refractivity contribution is 5.99. The average molecular weight is 545 g/mol. The van der Waals surface area contributed by atoms with Gasteiger partial charge in [0.15, 0.2) is 5.78 Å². The number of alkyl halides is 3. The quantitative estimate of drug-likeness (QED) is 0.243. The highest BCUT2D eigenvalue weighted by atomic mass is 19.4. The lowest BCUT2D eigenvalue weighted by Gasteiger charge is -2.30. The number of aromatic nitrogens is 3. The van der Waals surface area contributed by atoms with Crippen LogP contribution in [0, 0.1) is 6.92 Å². The molecule has 1 aliphatic rings. The SMILES string of the molecule is Cc1ccc(CC(=O)c2ccc(C3CCCN(C)C3)cc2C(F)(F)F)cc1Cc1nccc(-c2cccnc2)n1. The van der Waals surface area contributed by atoms with Gasteiger partial charge >= 0.3 is 6.18 Å². The average Bonchev–Trinajstić information content (AvgIpc) is 2.95. The zero-order valence-corrected chi connectivity index (χ0v) is 22.6. The fourth-order valence-corrected chi connectivity index (χ4v) is 5.37. The number of hydrogen-bond acceptors (Lipinski definition) is 5. The van der Waals surface area contributed by atoms with E-state index in [0.29, 0.717) is 29.9 Å². The van der Waals surface area contributed by atoms with Gasteiger partial charge in [-0.05, 0) is 85.8 Å². The Morgan fingerprint density at radius 3 is 2.67 bits per heavy atom. The van der Waals surface area contributed by atoms with Gasteiger partial charge in [0, 0.05) is 49.1 Å². The molecule has 206 valence electrons. The second-order valence-electron chi connectivity index (χ2n) is 10.5. The summed E-state index contributed by atoms with van der Waals surface area (Å²) in [6.07, 6.45) is 2.60. The minimum absolute atomic E-state index is 0.0301. The Labute approximate surface area is 232 Å². The minimum Gasteiger partial charge on any atom is -0.306 e. The van der Waals surface area contributed by atoms with Crippen LogP contribution < -0.4 is 0 Å². The van der Waals surface area contributed by atoms with Crippen molar-refractivity contribution in [2.24, 2.45) is 0 Å². The largest absolute Gasteiger partial charge is 0.417 e. The highest BCUT2D eigenvalue weighted by Crippen LogP contribution is 2.36. The van der Waals surface area contributed by atoms with Crippen LogP contribution in [0.4, 0.5) is 13.2 Å². The van der Waals surface area contributed by atoms with Crippen LogP contribution in [-0.2, 0) is 19.0 Å². The third kappa shape index (κ3) is 6.45. The number of piperidine rings is 1. The van der Waals surface area contributed by atoms with Crippen LogP contribution in [0.2, 0.25) is 0 Å². The van der Waals surface area contributed by atoms with E-state index in [4.69, 9.17) is 0 Å². The van der Waals surface area contributed by atoms with Gasteiger partial charge in [0.25, 0.3) is 0 Å². The van der Waals surface area contributed by atoms with Crippen molar-refractivity contribution in [1.82, 2.24) is 19.9 Å². The van der Waals surface area contributed by atoms with Gasteiger partial charge in [0.05, 0.1) is 11.3 Å². The first-order chi connectivity index (χ1) is 19.2. The van der Waals surface area contributed by atoms with E-state index in [1.807, 2.05) is 44.3 Å². The van der Waals surface area contributed by atoms with Gasteiger partial charge in [-0.3, -0.25) is 9.78 Å². The van der Waals surface area contributed by atoms with E-state index in [1.165, 1.54) is 12.1 Å². The van der Waals surface area contributed by atoms with Crippen LogP contribution in [0.1, 0.15) is 62.8 Å². The molecule has 1 saturated heterocycles. The van der Waals surface area contributed by atoms with Crippen molar-refractivity contribution in [3.05, 3.63) is 112 Å². The maximum Gasteiger partial charge on any atom is 0.417 e. The molecule has 0 saturated carbocycles. The number of Topliss-reactive ketones (excluding diaryl/α,β-unsaturated/α-hetero) is 1. The topological polar surface area (TPSA) is 59.0 Å². The number of pyridine rings is 1. The van der Waals surface area contributed by atoms with Crippen molar-refractivity contribution in [2.45, 2.75) is 44.7 Å². The van der Waals surface area contributed by atoms with Gasteiger partial charge in [-0.1, -0.05) is 30.3 Å². The zero-order valence-electron chi connectivity index (χ0n) is 22.6. The molecule has 0 spiro atoms. The molecule has 0 amide bonds. The van der Waals surface area contributed by atoms with E-state index in [2.05, 4.69) is 19.9 Å². The van der Waals surface area contributed by atoms with Crippen LogP contribution in [-0.4, -0.2) is 45.8 Å². The predicted octanol–water partition coefficient (Wildman–Crippen LogP) is 6.69. The van der Waals surface area contributed by atoms with Crippen LogP contribution in [0.5, 0.6) is 0 Å². The van der Waals surface area contributed by atoms with E-state index >= 15 is 0 Å². The van der Waals surface area contributed by atoms with Crippen molar-refractivity contribution < 1.29 is 18.0 Å². The van der Waals surface area contributed by atoms with E-state index in [-0.39, 0.29) is 17.9 Å². The molecule has 3 heterocycles. The maximum atomic E-state index is 14.1. The lowest BCUT2D eigenvalue weighted by Crippen LogP contribution is -2.31. The highest BCUT2D eigenvalue weighted by Gasteiger charge is 2.36. The Morgan fingerprint density at radius 2 is 1.93 bits per heavy atom. The first kappa shape index (κ1) is 27.6. The lowest BCUT2D eigenvalue weighted by molar-refractivity contribution is -0.138. The van der Waals surface area contributed by atoms with Gasteiger partial charge in [-0.25, -0.2) is 9.97 Å². The lowest BCUT2D eigenvalue weighted by atomic mass is 9.87. The number of likely N-dealkylation sites (N-methyl/N-ethyl adjacent to an activating group) is 1. The van der Waals surface area contributed by atoms with E-state index in [9.17, 15) is 18.0 Å². The van der Waals surface area contributed by atoms with Gasteiger partial charge in [-0.15, -0.1) is 0 Å². The molecule has 4 aromatic rings. The summed E-state index contributed by atoms with van der Waals surface area (Å²) in [5.41, 5.74) is 3.70. The maximum absolute atomic E-state index is 14.1. The molecule has 5 rings (SSSR count). The number of carbonyl (C=O) groups excluding carboxylic acids is 1. The van der Waals surface area contributed by atoms with Crippen LogP contribution in [0.3, 0.4) is 0 Å². The number of rotatable bonds is 7. The first-order valence-corrected chi connectivity index (χ1v) is 13.4. The Balaban J connectivity index is 1.37. The normalized spacial score (nSPS) is 16.2. The van der Waals surface area contributed by atoms with Crippen molar-refractivity contribution in [3.63, 3.8) is 0 Å². The Kier molecular flexibility index (Phi) is 8.07. The second kappa shape index (κ2) is 11.7. The number of aryl methyl sites for hydroxylation is 1. The molecule has 1 fully saturated rings. The molecule has 0 radical (unpaired) electrons. The van der Waals surface area contributed by atoms with E-state index in [1.54, 1.807) is 30.7 Å². The minimum atomic E-state index is -4.61. The van der Waals surface area contributed by atoms with Crippen LogP contribution in [0.15, 0.2) is 73.2 Å². The molecule has 5 nitrogen and oxygen atoms in total. The van der Waals surface area contributed by atoms with Gasteiger partial charge < -0.3 is 4.90 Å². The van der Waals surface area contributed by atoms with Crippen molar-refractivity contribution in [1.29, 1.82) is 0 Å². The molecule has 8 heteroatoms. The second-order valence-corrected chi connectivity index (χ2v) is 10.5. The number of carbonyl (C=O) groups is 1. The van der Waals surface area contributed by atoms with Crippen molar-refractivity contribution in [3.8, 4) is 11.3 Å². The molecule has 2 aromatic heterocycles. The number of nitrogens with zero attached hydrogens (tertiary/aromatic N) is 4. The Bertz CT molecular complexity index is 1500. The summed E-state index contributed by atoms with van der Waals surface area (Å²) >= 11 is 0. The molecular formula is C32H31F3N4O. The summed E-state index contributed by atoms with van der Waals surface area (Å²) in [6, 6.07) is 15.4. The number of hydrogen-bond donors (Lipinski definition) is 0. The molecule has 1 aliphatic heterocycles. The summed E-state index contributed by atoms with van der Waals surface area (Å²) < 4.78 is 42.3. The summed E-state index contributed by atoms with van der Waals surface area (Å²) in [4.78, 5) is 28.6. The van der Waals surface area contributed by atoms with Gasteiger partial charge in [0.2, 0.25) is 0 Å². The fraction of sp³-hybridized carbons (Fsp3) is 0.312. The van der Waals surface area contributed by atoms with Crippen molar-refractivity contribution in [2.75, 3.05) is 20.1 Å². The third-order valence-electron chi connectivity index (χ3n) is 7.53. The summed E-state index contributed by atoms with van der Waals surface area (Å²) in [5.74, 6) is 0.0861. The molecule has 0 aliphatic carbocycles. The molecule has 0 N–H and O–H groups in total. The Morgan fingerprint density at radius 1 is 1.07 bits per heavy atom. The summed E-state index contributed by atoms with van der Waals surface area (Å²) in [6.45, 7) is 3.61. The number of likely N-dealkylation sites (tertiary alicyclic amines) is 1. The molecule has 1 unspecified atom stereocenters. The molecule has 1 atom stereocenters. The van der Waals surface area contributed by atoms with Gasteiger partial charge in [0.1, 0.15) is 5.82 Å². The smallest absolute Gasteiger partial charge is 0.306 e. The predicted molar refractivity (Wildman–Crippen MR) is 148 cm³/mol. The molecule has 0 bridgehead atoms. The van der Waals surface area contributed by atoms with Crippen LogP contribution in [0.25, 0.3) is 11.3 Å². The standard InChI is InChI=1S/C32H31F3N4O/c1-21-7-8-22(15-26(21)18-31-37-13-11-29(38-31)24-5-3-12-36-19-24)16-30(40)27-10-9-23(17-28(27)32(33,34)35)25-6-4-14-39(2)20-25/h3,5,7-13,15,17,19,25H,4,6,14,16,18,20H2,1-2H3. The zero-order chi connectivity index (χ0) is 28.3. The van der Waals surface area contributed by atoms with Crippen LogP contribution >= 0.6 is 0 Å². The number of benzene rings is 2. The summed E-state index contributed by atoms with van der Waals surface area (Å²) in [5, 5.41) is 0. The summed E-state index contributed by atoms with van der Waals surface area (Å²) in [7, 11) is 1.98. The first-order valence-electron chi connectivity index (χ1n) is 13.4.